The highest BCUT2D eigenvalue weighted by Gasteiger charge is 2.05. The van der Waals surface area contributed by atoms with Crippen molar-refractivity contribution < 1.29 is 9.47 Å². The zero-order valence-corrected chi connectivity index (χ0v) is 18.1. The topological polar surface area (TPSA) is 44.2 Å². The molecule has 0 aliphatic carbocycles. The van der Waals surface area contributed by atoms with Crippen molar-refractivity contribution in [1.29, 1.82) is 0 Å². The van der Waals surface area contributed by atoms with Gasteiger partial charge in [0.25, 0.3) is 0 Å². The van der Waals surface area contributed by atoms with Gasteiger partial charge in [-0.2, -0.15) is 0 Å². The molecular weight excluding hydrogens is 360 g/mol. The van der Waals surface area contributed by atoms with Crippen molar-refractivity contribution >= 4 is 0 Å². The molecule has 1 aromatic carbocycles. The molecule has 0 aliphatic heterocycles. The van der Waals surface area contributed by atoms with E-state index in [4.69, 9.17) is 9.47 Å². The Morgan fingerprint density at radius 1 is 0.897 bits per heavy atom. The summed E-state index contributed by atoms with van der Waals surface area (Å²) in [7, 11) is 0. The molecule has 2 aromatic rings. The molecule has 4 heteroatoms. The van der Waals surface area contributed by atoms with E-state index in [2.05, 4.69) is 30.4 Å². The number of ether oxygens (including phenoxy) is 2. The van der Waals surface area contributed by atoms with Crippen LogP contribution in [-0.4, -0.2) is 23.2 Å². The lowest BCUT2D eigenvalue weighted by molar-refractivity contribution is 0.255. The molecule has 0 N–H and O–H groups in total. The third kappa shape index (κ3) is 9.12. The molecule has 158 valence electrons. The summed E-state index contributed by atoms with van der Waals surface area (Å²) in [4.78, 5) is 8.85. The van der Waals surface area contributed by atoms with Crippen LogP contribution >= 0.6 is 0 Å². The number of unbranched alkanes of at least 4 members (excludes halogenated alkanes) is 6. The van der Waals surface area contributed by atoms with Crippen molar-refractivity contribution in [2.75, 3.05) is 13.2 Å². The number of nitrogens with zero attached hydrogens (tertiary/aromatic N) is 2. The molecule has 29 heavy (non-hydrogen) atoms. The molecule has 0 amide bonds. The smallest absolute Gasteiger partial charge is 0.159 e. The van der Waals surface area contributed by atoms with E-state index in [0.717, 1.165) is 42.9 Å². The van der Waals surface area contributed by atoms with Gasteiger partial charge in [-0.1, -0.05) is 52.0 Å². The van der Waals surface area contributed by atoms with Crippen molar-refractivity contribution in [3.8, 4) is 22.9 Å². The second-order valence-electron chi connectivity index (χ2n) is 7.64. The van der Waals surface area contributed by atoms with Gasteiger partial charge < -0.3 is 9.47 Å². The first-order valence-electron chi connectivity index (χ1n) is 11.0. The summed E-state index contributed by atoms with van der Waals surface area (Å²) in [6, 6.07) is 7.98. The Labute approximate surface area is 176 Å². The Kier molecular flexibility index (Phi) is 10.9. The maximum absolute atomic E-state index is 5.85. The van der Waals surface area contributed by atoms with Crippen LogP contribution in [0.4, 0.5) is 0 Å². The number of aromatic nitrogens is 2. The Morgan fingerprint density at radius 2 is 1.55 bits per heavy atom. The maximum Gasteiger partial charge on any atom is 0.159 e. The first-order valence-corrected chi connectivity index (χ1v) is 11.0. The summed E-state index contributed by atoms with van der Waals surface area (Å²) < 4.78 is 11.6. The molecular formula is C25H36N2O2. The van der Waals surface area contributed by atoms with Gasteiger partial charge in [-0.25, -0.2) is 9.97 Å². The van der Waals surface area contributed by atoms with E-state index >= 15 is 0 Å². The van der Waals surface area contributed by atoms with Gasteiger partial charge in [-0.05, 0) is 49.4 Å². The molecule has 0 aliphatic rings. The Hall–Kier alpha value is -2.36. The molecule has 1 aromatic heterocycles. The van der Waals surface area contributed by atoms with Crippen LogP contribution in [0.2, 0.25) is 0 Å². The summed E-state index contributed by atoms with van der Waals surface area (Å²) in [6.45, 7) is 9.56. The third-order valence-electron chi connectivity index (χ3n) is 5.04. The summed E-state index contributed by atoms with van der Waals surface area (Å²) in [6.07, 6.45) is 15.2. The molecule has 0 saturated heterocycles. The van der Waals surface area contributed by atoms with Crippen LogP contribution in [0.25, 0.3) is 11.4 Å². The molecule has 4 nitrogen and oxygen atoms in total. The lowest BCUT2D eigenvalue weighted by Gasteiger charge is -2.10. The minimum Gasteiger partial charge on any atom is -0.494 e. The van der Waals surface area contributed by atoms with Crippen molar-refractivity contribution in [2.45, 2.75) is 65.2 Å². The first kappa shape index (κ1) is 22.9. The van der Waals surface area contributed by atoms with Gasteiger partial charge in [0.1, 0.15) is 5.75 Å². The van der Waals surface area contributed by atoms with Gasteiger partial charge in [0.05, 0.1) is 25.6 Å². The highest BCUT2D eigenvalue weighted by Crippen LogP contribution is 2.21. The fourth-order valence-corrected chi connectivity index (χ4v) is 2.88. The van der Waals surface area contributed by atoms with E-state index in [1.54, 1.807) is 12.4 Å². The molecule has 2 rings (SSSR count). The number of allylic oxidation sites excluding steroid dienone is 1. The fraction of sp³-hybridized carbons (Fsp3) is 0.520. The molecule has 0 radical (unpaired) electrons. The van der Waals surface area contributed by atoms with Gasteiger partial charge >= 0.3 is 0 Å². The van der Waals surface area contributed by atoms with Gasteiger partial charge in [-0.3, -0.25) is 0 Å². The van der Waals surface area contributed by atoms with Crippen LogP contribution in [0.15, 0.2) is 49.3 Å². The van der Waals surface area contributed by atoms with Crippen molar-refractivity contribution in [1.82, 2.24) is 9.97 Å². The molecule has 1 heterocycles. The molecule has 0 fully saturated rings. The standard InChI is InChI=1S/C25H36N2O2/c1-4-6-7-8-9-10-11-12-17-28-23-15-13-22(14-16-23)25-26-18-24(19-27-25)29-20-21(3)5-2/h4,13-16,18-19,21H,1,5-12,17,20H2,2-3H3/t21-/m0/s1. The maximum atomic E-state index is 5.85. The lowest BCUT2D eigenvalue weighted by Crippen LogP contribution is -2.07. The number of hydrogen-bond acceptors (Lipinski definition) is 4. The van der Waals surface area contributed by atoms with E-state index in [-0.39, 0.29) is 0 Å². The summed E-state index contributed by atoms with van der Waals surface area (Å²) in [5.41, 5.74) is 0.977. The highest BCUT2D eigenvalue weighted by atomic mass is 16.5. The highest BCUT2D eigenvalue weighted by molar-refractivity contribution is 5.56. The second-order valence-corrected chi connectivity index (χ2v) is 7.64. The third-order valence-corrected chi connectivity index (χ3v) is 5.04. The average molecular weight is 397 g/mol. The Bertz CT molecular complexity index is 683. The number of hydrogen-bond donors (Lipinski definition) is 0. The lowest BCUT2D eigenvalue weighted by atomic mass is 10.1. The monoisotopic (exact) mass is 396 g/mol. The summed E-state index contributed by atoms with van der Waals surface area (Å²) in [5, 5.41) is 0. The van der Waals surface area contributed by atoms with Crippen LogP contribution in [-0.2, 0) is 0 Å². The van der Waals surface area contributed by atoms with Crippen molar-refractivity contribution in [2.24, 2.45) is 5.92 Å². The van der Waals surface area contributed by atoms with Crippen LogP contribution in [0.5, 0.6) is 11.5 Å². The summed E-state index contributed by atoms with van der Waals surface area (Å²) in [5.74, 6) is 2.84. The van der Waals surface area contributed by atoms with E-state index in [1.807, 2.05) is 30.3 Å². The number of benzene rings is 1. The van der Waals surface area contributed by atoms with Crippen molar-refractivity contribution in [3.63, 3.8) is 0 Å². The van der Waals surface area contributed by atoms with Gasteiger partial charge in [-0.15, -0.1) is 6.58 Å². The quantitative estimate of drug-likeness (QED) is 0.243. The fourth-order valence-electron chi connectivity index (χ4n) is 2.88. The van der Waals surface area contributed by atoms with Crippen LogP contribution in [0, 0.1) is 5.92 Å². The van der Waals surface area contributed by atoms with Gasteiger partial charge in [0.2, 0.25) is 0 Å². The van der Waals surface area contributed by atoms with Crippen molar-refractivity contribution in [3.05, 3.63) is 49.3 Å². The Morgan fingerprint density at radius 3 is 2.21 bits per heavy atom. The zero-order chi connectivity index (χ0) is 20.7. The Balaban J connectivity index is 1.68. The predicted octanol–water partition coefficient (Wildman–Crippen LogP) is 6.86. The zero-order valence-electron chi connectivity index (χ0n) is 18.1. The molecule has 1 atom stereocenters. The van der Waals surface area contributed by atoms with Crippen LogP contribution in [0.1, 0.15) is 65.2 Å². The largest absolute Gasteiger partial charge is 0.494 e. The van der Waals surface area contributed by atoms with Gasteiger partial charge in [0, 0.05) is 5.56 Å². The summed E-state index contributed by atoms with van der Waals surface area (Å²) >= 11 is 0. The second kappa shape index (κ2) is 13.8. The van der Waals surface area contributed by atoms with E-state index in [0.29, 0.717) is 18.3 Å². The molecule has 0 saturated carbocycles. The average Bonchev–Trinajstić information content (AvgIpc) is 2.77. The SMILES string of the molecule is C=CCCCCCCCCOc1ccc(-c2ncc(OC[C@@H](C)CC)cn2)cc1. The van der Waals surface area contributed by atoms with E-state index in [1.165, 1.54) is 32.1 Å². The minimum atomic E-state index is 0.532. The number of rotatable bonds is 15. The molecule has 0 bridgehead atoms. The molecule has 0 unspecified atom stereocenters. The first-order chi connectivity index (χ1) is 14.2. The normalized spacial score (nSPS) is 11.8. The van der Waals surface area contributed by atoms with E-state index < -0.39 is 0 Å². The van der Waals surface area contributed by atoms with Crippen LogP contribution < -0.4 is 9.47 Å². The predicted molar refractivity (Wildman–Crippen MR) is 120 cm³/mol. The molecule has 0 spiro atoms. The van der Waals surface area contributed by atoms with Gasteiger partial charge in [0.15, 0.2) is 11.6 Å². The minimum absolute atomic E-state index is 0.532. The van der Waals surface area contributed by atoms with E-state index in [9.17, 15) is 0 Å². The van der Waals surface area contributed by atoms with Crippen LogP contribution in [0.3, 0.4) is 0 Å².